The SMILES string of the molecule is Cc1c(C(C)N)nnn1-c1c(Cl)cccc1Cl. The van der Waals surface area contributed by atoms with Gasteiger partial charge in [0, 0.05) is 6.04 Å². The molecule has 0 bridgehead atoms. The Balaban J connectivity index is 2.62. The molecule has 90 valence electrons. The van der Waals surface area contributed by atoms with Crippen molar-refractivity contribution in [3.63, 3.8) is 0 Å². The molecule has 1 unspecified atom stereocenters. The molecule has 0 fully saturated rings. The predicted molar refractivity (Wildman–Crippen MR) is 68.7 cm³/mol. The summed E-state index contributed by atoms with van der Waals surface area (Å²) < 4.78 is 1.61. The number of rotatable bonds is 2. The number of para-hydroxylation sites is 1. The van der Waals surface area contributed by atoms with Crippen LogP contribution in [0.1, 0.15) is 24.4 Å². The minimum absolute atomic E-state index is 0.176. The molecule has 6 heteroatoms. The molecular weight excluding hydrogens is 259 g/mol. The van der Waals surface area contributed by atoms with E-state index in [1.165, 1.54) is 0 Å². The second-order valence-electron chi connectivity index (χ2n) is 3.83. The number of nitrogens with two attached hydrogens (primary N) is 1. The summed E-state index contributed by atoms with van der Waals surface area (Å²) in [5.41, 5.74) is 8.01. The van der Waals surface area contributed by atoms with Crippen molar-refractivity contribution >= 4 is 23.2 Å². The Bertz CT molecular complexity index is 528. The van der Waals surface area contributed by atoms with Crippen LogP contribution >= 0.6 is 23.2 Å². The van der Waals surface area contributed by atoms with E-state index in [1.807, 2.05) is 13.8 Å². The number of nitrogens with zero attached hydrogens (tertiary/aromatic N) is 3. The summed E-state index contributed by atoms with van der Waals surface area (Å²) in [5.74, 6) is 0. The molecule has 0 aliphatic heterocycles. The van der Waals surface area contributed by atoms with E-state index in [9.17, 15) is 0 Å². The monoisotopic (exact) mass is 270 g/mol. The second kappa shape index (κ2) is 4.64. The smallest absolute Gasteiger partial charge is 0.104 e. The van der Waals surface area contributed by atoms with Gasteiger partial charge in [-0.3, -0.25) is 0 Å². The third kappa shape index (κ3) is 2.16. The minimum atomic E-state index is -0.176. The van der Waals surface area contributed by atoms with Gasteiger partial charge in [-0.15, -0.1) is 5.10 Å². The van der Waals surface area contributed by atoms with Crippen LogP contribution in [0.2, 0.25) is 10.0 Å². The Morgan fingerprint density at radius 1 is 1.29 bits per heavy atom. The Labute approximate surface area is 109 Å². The van der Waals surface area contributed by atoms with E-state index in [4.69, 9.17) is 28.9 Å². The van der Waals surface area contributed by atoms with Crippen molar-refractivity contribution in [1.82, 2.24) is 15.0 Å². The Hall–Kier alpha value is -1.10. The molecule has 2 N–H and O–H groups in total. The maximum atomic E-state index is 6.12. The summed E-state index contributed by atoms with van der Waals surface area (Å²) in [5, 5.41) is 9.15. The van der Waals surface area contributed by atoms with E-state index in [2.05, 4.69) is 10.3 Å². The lowest BCUT2D eigenvalue weighted by Crippen LogP contribution is -2.08. The molecule has 1 atom stereocenters. The van der Waals surface area contributed by atoms with Crippen molar-refractivity contribution in [2.75, 3.05) is 0 Å². The minimum Gasteiger partial charge on any atom is -0.323 e. The van der Waals surface area contributed by atoms with Gasteiger partial charge >= 0.3 is 0 Å². The van der Waals surface area contributed by atoms with Gasteiger partial charge in [0.2, 0.25) is 0 Å². The third-order valence-corrected chi connectivity index (χ3v) is 3.12. The number of hydrogen-bond donors (Lipinski definition) is 1. The lowest BCUT2D eigenvalue weighted by atomic mass is 10.2. The van der Waals surface area contributed by atoms with Gasteiger partial charge in [0.1, 0.15) is 11.4 Å². The number of aromatic nitrogens is 3. The highest BCUT2D eigenvalue weighted by atomic mass is 35.5. The molecule has 4 nitrogen and oxygen atoms in total. The van der Waals surface area contributed by atoms with Gasteiger partial charge in [0.15, 0.2) is 0 Å². The normalized spacial score (nSPS) is 12.8. The van der Waals surface area contributed by atoms with Crippen molar-refractivity contribution in [3.8, 4) is 5.69 Å². The zero-order chi connectivity index (χ0) is 12.6. The van der Waals surface area contributed by atoms with Crippen molar-refractivity contribution in [1.29, 1.82) is 0 Å². The van der Waals surface area contributed by atoms with Gasteiger partial charge in [-0.2, -0.15) is 0 Å². The topological polar surface area (TPSA) is 56.7 Å². The van der Waals surface area contributed by atoms with Crippen LogP contribution in [0.3, 0.4) is 0 Å². The fourth-order valence-electron chi connectivity index (χ4n) is 1.67. The van der Waals surface area contributed by atoms with E-state index < -0.39 is 0 Å². The second-order valence-corrected chi connectivity index (χ2v) is 4.65. The largest absolute Gasteiger partial charge is 0.323 e. The zero-order valence-electron chi connectivity index (χ0n) is 9.48. The molecule has 2 rings (SSSR count). The van der Waals surface area contributed by atoms with Crippen molar-refractivity contribution in [2.24, 2.45) is 5.73 Å². The number of halogens is 2. The van der Waals surface area contributed by atoms with Crippen LogP contribution in [0.5, 0.6) is 0 Å². The summed E-state index contributed by atoms with van der Waals surface area (Å²) in [6.07, 6.45) is 0. The van der Waals surface area contributed by atoms with Gasteiger partial charge in [-0.1, -0.05) is 34.5 Å². The molecule has 0 amide bonds. The van der Waals surface area contributed by atoms with Crippen LogP contribution in [-0.4, -0.2) is 15.0 Å². The van der Waals surface area contributed by atoms with Crippen LogP contribution in [0.15, 0.2) is 18.2 Å². The molecule has 0 spiro atoms. The highest BCUT2D eigenvalue weighted by Gasteiger charge is 2.16. The van der Waals surface area contributed by atoms with Crippen LogP contribution < -0.4 is 5.73 Å². The molecule has 0 aliphatic rings. The predicted octanol–water partition coefficient (Wildman–Crippen LogP) is 2.90. The molecule has 1 aromatic heterocycles. The first-order valence-corrected chi connectivity index (χ1v) is 5.90. The number of benzene rings is 1. The van der Waals surface area contributed by atoms with Crippen LogP contribution in [0.25, 0.3) is 5.69 Å². The molecular formula is C11H12Cl2N4. The van der Waals surface area contributed by atoms with Gasteiger partial charge in [-0.25, -0.2) is 4.68 Å². The molecule has 17 heavy (non-hydrogen) atoms. The zero-order valence-corrected chi connectivity index (χ0v) is 11.0. The van der Waals surface area contributed by atoms with Gasteiger partial charge in [0.05, 0.1) is 15.7 Å². The average molecular weight is 271 g/mol. The van der Waals surface area contributed by atoms with Gasteiger partial charge in [0.25, 0.3) is 0 Å². The first-order valence-electron chi connectivity index (χ1n) is 5.14. The lowest BCUT2D eigenvalue weighted by molar-refractivity contribution is 0.756. The Morgan fingerprint density at radius 3 is 2.35 bits per heavy atom. The third-order valence-electron chi connectivity index (χ3n) is 2.51. The maximum Gasteiger partial charge on any atom is 0.104 e. The van der Waals surface area contributed by atoms with Crippen molar-refractivity contribution in [2.45, 2.75) is 19.9 Å². The highest BCUT2D eigenvalue weighted by molar-refractivity contribution is 6.37. The van der Waals surface area contributed by atoms with Crippen LogP contribution in [0.4, 0.5) is 0 Å². The highest BCUT2D eigenvalue weighted by Crippen LogP contribution is 2.29. The van der Waals surface area contributed by atoms with E-state index >= 15 is 0 Å². The van der Waals surface area contributed by atoms with E-state index in [0.29, 0.717) is 15.7 Å². The van der Waals surface area contributed by atoms with Crippen LogP contribution in [0, 0.1) is 6.92 Å². The van der Waals surface area contributed by atoms with Gasteiger partial charge < -0.3 is 5.73 Å². The molecule has 2 aromatic rings. The molecule has 0 saturated heterocycles. The molecule has 0 saturated carbocycles. The molecule has 0 radical (unpaired) electrons. The van der Waals surface area contributed by atoms with E-state index in [1.54, 1.807) is 22.9 Å². The van der Waals surface area contributed by atoms with Crippen molar-refractivity contribution in [3.05, 3.63) is 39.6 Å². The van der Waals surface area contributed by atoms with E-state index in [-0.39, 0.29) is 6.04 Å². The standard InChI is InChI=1S/C11H12Cl2N4/c1-6(14)10-7(2)17(16-15-10)11-8(12)4-3-5-9(11)13/h3-6H,14H2,1-2H3. The fourth-order valence-corrected chi connectivity index (χ4v) is 2.22. The van der Waals surface area contributed by atoms with Crippen LogP contribution in [-0.2, 0) is 0 Å². The summed E-state index contributed by atoms with van der Waals surface area (Å²) >= 11 is 12.2. The quantitative estimate of drug-likeness (QED) is 0.913. The fraction of sp³-hybridized carbons (Fsp3) is 0.273. The average Bonchev–Trinajstić information content (AvgIpc) is 2.61. The number of hydrogen-bond acceptors (Lipinski definition) is 3. The van der Waals surface area contributed by atoms with E-state index in [0.717, 1.165) is 11.4 Å². The lowest BCUT2D eigenvalue weighted by Gasteiger charge is -2.08. The molecule has 0 aliphatic carbocycles. The summed E-state index contributed by atoms with van der Waals surface area (Å²) in [4.78, 5) is 0. The summed E-state index contributed by atoms with van der Waals surface area (Å²) in [6.45, 7) is 3.74. The summed E-state index contributed by atoms with van der Waals surface area (Å²) in [6, 6.07) is 5.13. The summed E-state index contributed by atoms with van der Waals surface area (Å²) in [7, 11) is 0. The van der Waals surface area contributed by atoms with Crippen molar-refractivity contribution < 1.29 is 0 Å². The first-order chi connectivity index (χ1) is 8.02. The Kier molecular flexibility index (Phi) is 3.38. The molecule has 1 aromatic carbocycles. The maximum absolute atomic E-state index is 6.12. The first kappa shape index (κ1) is 12.4. The van der Waals surface area contributed by atoms with Gasteiger partial charge in [-0.05, 0) is 26.0 Å². The Morgan fingerprint density at radius 2 is 1.88 bits per heavy atom. The molecule has 1 heterocycles.